The molecular formula is C13H25N3. The van der Waals surface area contributed by atoms with Gasteiger partial charge in [0.15, 0.2) is 0 Å². The lowest BCUT2D eigenvalue weighted by molar-refractivity contribution is 0.277. The van der Waals surface area contributed by atoms with Crippen LogP contribution in [0.4, 0.5) is 0 Å². The highest BCUT2D eigenvalue weighted by Gasteiger charge is 2.23. The Morgan fingerprint density at radius 1 is 1.38 bits per heavy atom. The number of hydrogen-bond acceptors (Lipinski definition) is 2. The molecule has 0 aliphatic heterocycles. The average molecular weight is 223 g/mol. The molecule has 1 aromatic heterocycles. The zero-order valence-corrected chi connectivity index (χ0v) is 11.4. The molecule has 0 radical (unpaired) electrons. The van der Waals surface area contributed by atoms with Crippen LogP contribution in [0.15, 0.2) is 12.3 Å². The second kappa shape index (κ2) is 5.00. The molecule has 1 N–H and O–H groups in total. The van der Waals surface area contributed by atoms with Crippen molar-refractivity contribution in [3.63, 3.8) is 0 Å². The fourth-order valence-corrected chi connectivity index (χ4v) is 1.82. The molecule has 0 saturated carbocycles. The fraction of sp³-hybridized carbons (Fsp3) is 0.769. The number of aromatic nitrogens is 2. The molecule has 92 valence electrons. The van der Waals surface area contributed by atoms with E-state index in [2.05, 4.69) is 57.3 Å². The van der Waals surface area contributed by atoms with Crippen molar-refractivity contribution in [2.45, 2.75) is 53.1 Å². The van der Waals surface area contributed by atoms with E-state index in [-0.39, 0.29) is 5.41 Å². The van der Waals surface area contributed by atoms with Gasteiger partial charge in [-0.1, -0.05) is 20.8 Å². The van der Waals surface area contributed by atoms with E-state index in [9.17, 15) is 0 Å². The quantitative estimate of drug-likeness (QED) is 0.850. The van der Waals surface area contributed by atoms with Crippen molar-refractivity contribution >= 4 is 0 Å². The first kappa shape index (κ1) is 13.2. The summed E-state index contributed by atoms with van der Waals surface area (Å²) in [4.78, 5) is 0. The maximum absolute atomic E-state index is 4.59. The molecule has 0 bridgehead atoms. The minimum absolute atomic E-state index is 0.260. The van der Waals surface area contributed by atoms with Crippen molar-refractivity contribution < 1.29 is 0 Å². The fourth-order valence-electron chi connectivity index (χ4n) is 1.82. The van der Waals surface area contributed by atoms with Gasteiger partial charge in [0, 0.05) is 24.7 Å². The number of likely N-dealkylation sites (N-methyl/N-ethyl adjacent to an activating group) is 1. The molecule has 1 unspecified atom stereocenters. The van der Waals surface area contributed by atoms with Crippen LogP contribution in [0.3, 0.4) is 0 Å². The molecule has 0 amide bonds. The van der Waals surface area contributed by atoms with Gasteiger partial charge in [-0.05, 0) is 32.4 Å². The molecule has 1 aromatic rings. The first-order valence-corrected chi connectivity index (χ1v) is 6.06. The number of rotatable bonds is 4. The van der Waals surface area contributed by atoms with E-state index in [4.69, 9.17) is 0 Å². The largest absolute Gasteiger partial charge is 0.316 e. The van der Waals surface area contributed by atoms with E-state index >= 15 is 0 Å². The summed E-state index contributed by atoms with van der Waals surface area (Å²) in [5, 5.41) is 7.97. The zero-order valence-electron chi connectivity index (χ0n) is 11.4. The molecule has 0 spiro atoms. The molecule has 0 saturated heterocycles. The first-order valence-electron chi connectivity index (χ1n) is 6.06. The van der Waals surface area contributed by atoms with Gasteiger partial charge in [0.05, 0.1) is 5.69 Å². The Morgan fingerprint density at radius 3 is 2.38 bits per heavy atom. The summed E-state index contributed by atoms with van der Waals surface area (Å²) in [6.45, 7) is 11.1. The predicted octanol–water partition coefficient (Wildman–Crippen LogP) is 2.64. The molecule has 1 rings (SSSR count). The van der Waals surface area contributed by atoms with Gasteiger partial charge >= 0.3 is 0 Å². The summed E-state index contributed by atoms with van der Waals surface area (Å²) in [6, 6.07) is 3.02. The summed E-state index contributed by atoms with van der Waals surface area (Å²) in [5.74, 6) is 0. The summed E-state index contributed by atoms with van der Waals surface area (Å²) < 4.78 is 2.02. The van der Waals surface area contributed by atoms with Crippen LogP contribution < -0.4 is 5.32 Å². The molecule has 16 heavy (non-hydrogen) atoms. The van der Waals surface area contributed by atoms with Crippen molar-refractivity contribution in [1.82, 2.24) is 15.1 Å². The molecular weight excluding hydrogens is 198 g/mol. The van der Waals surface area contributed by atoms with E-state index in [1.807, 2.05) is 11.7 Å². The molecule has 0 aromatic carbocycles. The summed E-state index contributed by atoms with van der Waals surface area (Å²) in [5.41, 5.74) is 1.43. The molecule has 0 aliphatic rings. The van der Waals surface area contributed by atoms with Gasteiger partial charge in [0.25, 0.3) is 0 Å². The molecule has 0 aliphatic carbocycles. The molecule has 1 atom stereocenters. The van der Waals surface area contributed by atoms with Gasteiger partial charge in [0.2, 0.25) is 0 Å². The maximum atomic E-state index is 4.59. The Labute approximate surface area is 99.2 Å². The lowest BCUT2D eigenvalue weighted by atomic mass is 9.84. The van der Waals surface area contributed by atoms with Gasteiger partial charge in [0.1, 0.15) is 0 Å². The van der Waals surface area contributed by atoms with E-state index in [1.54, 1.807) is 0 Å². The van der Waals surface area contributed by atoms with E-state index in [1.165, 1.54) is 5.69 Å². The second-order valence-corrected chi connectivity index (χ2v) is 5.79. The first-order chi connectivity index (χ1) is 7.34. The van der Waals surface area contributed by atoms with E-state index < -0.39 is 0 Å². The normalized spacial score (nSPS) is 14.4. The smallest absolute Gasteiger partial charge is 0.0640 e. The van der Waals surface area contributed by atoms with E-state index in [0.717, 1.165) is 6.42 Å². The number of nitrogens with one attached hydrogen (secondary N) is 1. The predicted molar refractivity (Wildman–Crippen MR) is 68.6 cm³/mol. The van der Waals surface area contributed by atoms with Gasteiger partial charge in [-0.2, -0.15) is 5.10 Å². The standard InChI is InChI=1S/C13H25N3/c1-10(2)16-8-7-11(15-16)9-12(14-6)13(3,4)5/h7-8,10,12,14H,9H2,1-6H3. The summed E-state index contributed by atoms with van der Waals surface area (Å²) >= 11 is 0. The van der Waals surface area contributed by atoms with Crippen molar-refractivity contribution in [3.8, 4) is 0 Å². The molecule has 3 heteroatoms. The van der Waals surface area contributed by atoms with Crippen molar-refractivity contribution in [3.05, 3.63) is 18.0 Å². The van der Waals surface area contributed by atoms with Crippen LogP contribution in [-0.4, -0.2) is 22.9 Å². The van der Waals surface area contributed by atoms with Gasteiger partial charge in [-0.25, -0.2) is 0 Å². The minimum Gasteiger partial charge on any atom is -0.316 e. The third-order valence-electron chi connectivity index (χ3n) is 3.00. The van der Waals surface area contributed by atoms with Crippen molar-refractivity contribution in [1.29, 1.82) is 0 Å². The van der Waals surface area contributed by atoms with Crippen molar-refractivity contribution in [2.24, 2.45) is 5.41 Å². The Hall–Kier alpha value is -0.830. The minimum atomic E-state index is 0.260. The van der Waals surface area contributed by atoms with Crippen LogP contribution in [0.2, 0.25) is 0 Å². The third-order valence-corrected chi connectivity index (χ3v) is 3.00. The van der Waals surface area contributed by atoms with Crippen LogP contribution in [0, 0.1) is 5.41 Å². The highest BCUT2D eigenvalue weighted by atomic mass is 15.3. The lowest BCUT2D eigenvalue weighted by Gasteiger charge is -2.29. The Bertz CT molecular complexity index is 320. The van der Waals surface area contributed by atoms with Crippen LogP contribution in [0.5, 0.6) is 0 Å². The van der Waals surface area contributed by atoms with Crippen LogP contribution in [-0.2, 0) is 6.42 Å². The Balaban J connectivity index is 2.71. The summed E-state index contributed by atoms with van der Waals surface area (Å²) in [6.07, 6.45) is 3.05. The van der Waals surface area contributed by atoms with Gasteiger partial charge in [-0.3, -0.25) is 4.68 Å². The second-order valence-electron chi connectivity index (χ2n) is 5.79. The molecule has 3 nitrogen and oxygen atoms in total. The lowest BCUT2D eigenvalue weighted by Crippen LogP contribution is -2.39. The van der Waals surface area contributed by atoms with Crippen LogP contribution in [0.25, 0.3) is 0 Å². The molecule has 0 fully saturated rings. The van der Waals surface area contributed by atoms with Gasteiger partial charge in [-0.15, -0.1) is 0 Å². The maximum Gasteiger partial charge on any atom is 0.0640 e. The monoisotopic (exact) mass is 223 g/mol. The van der Waals surface area contributed by atoms with Crippen LogP contribution in [0.1, 0.15) is 46.4 Å². The third kappa shape index (κ3) is 3.34. The van der Waals surface area contributed by atoms with E-state index in [0.29, 0.717) is 12.1 Å². The highest BCUT2D eigenvalue weighted by Crippen LogP contribution is 2.22. The Kier molecular flexibility index (Phi) is 4.14. The topological polar surface area (TPSA) is 29.9 Å². The molecule has 1 heterocycles. The SMILES string of the molecule is CNC(Cc1ccn(C(C)C)n1)C(C)(C)C. The highest BCUT2D eigenvalue weighted by molar-refractivity contribution is 5.03. The van der Waals surface area contributed by atoms with Crippen molar-refractivity contribution in [2.75, 3.05) is 7.05 Å². The number of nitrogens with zero attached hydrogens (tertiary/aromatic N) is 2. The Morgan fingerprint density at radius 2 is 2.00 bits per heavy atom. The zero-order chi connectivity index (χ0) is 12.3. The van der Waals surface area contributed by atoms with Gasteiger partial charge < -0.3 is 5.32 Å². The average Bonchev–Trinajstić information content (AvgIpc) is 2.60. The van der Waals surface area contributed by atoms with Crippen LogP contribution >= 0.6 is 0 Å². The number of hydrogen-bond donors (Lipinski definition) is 1. The summed E-state index contributed by atoms with van der Waals surface area (Å²) in [7, 11) is 2.02.